The molecule has 0 radical (unpaired) electrons. The molecule has 0 aliphatic heterocycles. The number of rotatable bonds is 4. The van der Waals surface area contributed by atoms with Crippen molar-refractivity contribution in [3.63, 3.8) is 0 Å². The van der Waals surface area contributed by atoms with Gasteiger partial charge in [-0.2, -0.15) is 0 Å². The van der Waals surface area contributed by atoms with Crippen LogP contribution in [0.2, 0.25) is 0 Å². The summed E-state index contributed by atoms with van der Waals surface area (Å²) >= 11 is 0. The first kappa shape index (κ1) is 14.5. The third-order valence-electron chi connectivity index (χ3n) is 3.94. The lowest BCUT2D eigenvalue weighted by Crippen LogP contribution is -2.34. The average molecular weight is 268 g/mol. The van der Waals surface area contributed by atoms with Crippen LogP contribution < -0.4 is 0 Å². The minimum absolute atomic E-state index is 0.0192. The minimum Gasteiger partial charge on any atom is -0.366 e. The highest BCUT2D eigenvalue weighted by molar-refractivity contribution is 6.03. The van der Waals surface area contributed by atoms with Crippen LogP contribution in [0, 0.1) is 13.8 Å². The summed E-state index contributed by atoms with van der Waals surface area (Å²) in [5.41, 5.74) is 2.89. The van der Waals surface area contributed by atoms with Crippen LogP contribution in [0.15, 0.2) is 48.5 Å². The van der Waals surface area contributed by atoms with Crippen LogP contribution in [0.25, 0.3) is 0 Å². The summed E-state index contributed by atoms with van der Waals surface area (Å²) in [6.07, 6.45) is 0. The Labute approximate surface area is 120 Å². The number of aryl methyl sites for hydroxylation is 2. The summed E-state index contributed by atoms with van der Waals surface area (Å²) in [7, 11) is 1.58. The Morgan fingerprint density at radius 3 is 2.20 bits per heavy atom. The van der Waals surface area contributed by atoms with Crippen LogP contribution in [0.3, 0.4) is 0 Å². The van der Waals surface area contributed by atoms with Crippen molar-refractivity contribution in [3.8, 4) is 0 Å². The molecule has 2 heteroatoms. The molecule has 20 heavy (non-hydrogen) atoms. The summed E-state index contributed by atoms with van der Waals surface area (Å²) in [6, 6.07) is 15.4. The maximum Gasteiger partial charge on any atom is 0.198 e. The zero-order valence-corrected chi connectivity index (χ0v) is 12.4. The Morgan fingerprint density at radius 2 is 1.65 bits per heavy atom. The molecule has 0 amide bonds. The highest BCUT2D eigenvalue weighted by Gasteiger charge is 2.35. The second-order valence-corrected chi connectivity index (χ2v) is 5.23. The SMILES string of the molecule is COC(C)(C(=O)c1ccc(C)c(C)c1)c1ccccc1. The number of Topliss-reactive ketones (excluding diaryl/α,β-unsaturated/α-hetero) is 1. The first-order valence-electron chi connectivity index (χ1n) is 6.72. The van der Waals surface area contributed by atoms with Gasteiger partial charge in [0.05, 0.1) is 0 Å². The highest BCUT2D eigenvalue weighted by atomic mass is 16.5. The van der Waals surface area contributed by atoms with E-state index in [1.165, 1.54) is 5.56 Å². The molecule has 0 aliphatic carbocycles. The van der Waals surface area contributed by atoms with Gasteiger partial charge in [0.25, 0.3) is 0 Å². The number of ketones is 1. The van der Waals surface area contributed by atoms with Gasteiger partial charge >= 0.3 is 0 Å². The molecule has 104 valence electrons. The normalized spacial score (nSPS) is 13.8. The zero-order valence-electron chi connectivity index (χ0n) is 12.4. The molecule has 2 rings (SSSR count). The van der Waals surface area contributed by atoms with E-state index in [-0.39, 0.29) is 5.78 Å². The molecule has 0 bridgehead atoms. The second kappa shape index (κ2) is 5.59. The van der Waals surface area contributed by atoms with Gasteiger partial charge in [-0.05, 0) is 43.5 Å². The number of hydrogen-bond donors (Lipinski definition) is 0. The van der Waals surface area contributed by atoms with Gasteiger partial charge in [0.1, 0.15) is 0 Å². The smallest absolute Gasteiger partial charge is 0.198 e. The van der Waals surface area contributed by atoms with E-state index in [1.807, 2.05) is 69.3 Å². The predicted octanol–water partition coefficient (Wildman–Crippen LogP) is 4.05. The fourth-order valence-corrected chi connectivity index (χ4v) is 2.26. The van der Waals surface area contributed by atoms with Crippen LogP contribution in [-0.2, 0) is 10.3 Å². The molecule has 2 aromatic rings. The van der Waals surface area contributed by atoms with Crippen molar-refractivity contribution in [1.29, 1.82) is 0 Å². The monoisotopic (exact) mass is 268 g/mol. The van der Waals surface area contributed by atoms with Crippen molar-refractivity contribution in [2.24, 2.45) is 0 Å². The van der Waals surface area contributed by atoms with Crippen molar-refractivity contribution < 1.29 is 9.53 Å². The van der Waals surface area contributed by atoms with Gasteiger partial charge < -0.3 is 4.74 Å². The molecule has 0 aromatic heterocycles. The molecule has 2 aromatic carbocycles. The molecule has 0 saturated carbocycles. The number of methoxy groups -OCH3 is 1. The van der Waals surface area contributed by atoms with Crippen molar-refractivity contribution in [1.82, 2.24) is 0 Å². The van der Waals surface area contributed by atoms with Gasteiger partial charge in [0, 0.05) is 12.7 Å². The number of ether oxygens (including phenoxy) is 1. The Balaban J connectivity index is 2.46. The Morgan fingerprint density at radius 1 is 1.00 bits per heavy atom. The molecule has 0 spiro atoms. The van der Waals surface area contributed by atoms with Gasteiger partial charge in [0.15, 0.2) is 11.4 Å². The lowest BCUT2D eigenvalue weighted by molar-refractivity contribution is 0.0101. The number of carbonyl (C=O) groups excluding carboxylic acids is 1. The molecular formula is C18H20O2. The van der Waals surface area contributed by atoms with Crippen LogP contribution in [0.4, 0.5) is 0 Å². The summed E-state index contributed by atoms with van der Waals surface area (Å²) in [4.78, 5) is 12.8. The van der Waals surface area contributed by atoms with E-state index in [9.17, 15) is 4.79 Å². The molecule has 0 saturated heterocycles. The highest BCUT2D eigenvalue weighted by Crippen LogP contribution is 2.29. The third kappa shape index (κ3) is 2.52. The van der Waals surface area contributed by atoms with E-state index in [0.717, 1.165) is 11.1 Å². The molecule has 0 heterocycles. The molecule has 1 unspecified atom stereocenters. The van der Waals surface area contributed by atoms with E-state index in [4.69, 9.17) is 4.74 Å². The van der Waals surface area contributed by atoms with Gasteiger partial charge in [-0.15, -0.1) is 0 Å². The number of carbonyl (C=O) groups is 1. The van der Waals surface area contributed by atoms with E-state index in [1.54, 1.807) is 7.11 Å². The van der Waals surface area contributed by atoms with Gasteiger partial charge in [0.2, 0.25) is 0 Å². The molecule has 1 atom stereocenters. The van der Waals surface area contributed by atoms with Crippen LogP contribution in [0.1, 0.15) is 34.0 Å². The molecule has 0 N–H and O–H groups in total. The first-order valence-corrected chi connectivity index (χ1v) is 6.72. The van der Waals surface area contributed by atoms with Crippen LogP contribution in [0.5, 0.6) is 0 Å². The zero-order chi connectivity index (χ0) is 14.8. The number of hydrogen-bond acceptors (Lipinski definition) is 2. The first-order chi connectivity index (χ1) is 9.49. The van der Waals surface area contributed by atoms with Gasteiger partial charge in [-0.25, -0.2) is 0 Å². The fraction of sp³-hybridized carbons (Fsp3) is 0.278. The summed E-state index contributed by atoms with van der Waals surface area (Å²) in [5, 5.41) is 0. The summed E-state index contributed by atoms with van der Waals surface area (Å²) in [6.45, 7) is 5.87. The van der Waals surface area contributed by atoms with E-state index >= 15 is 0 Å². The Kier molecular flexibility index (Phi) is 4.05. The third-order valence-corrected chi connectivity index (χ3v) is 3.94. The van der Waals surface area contributed by atoms with Crippen molar-refractivity contribution in [2.45, 2.75) is 26.4 Å². The lowest BCUT2D eigenvalue weighted by atomic mass is 9.86. The average Bonchev–Trinajstić information content (AvgIpc) is 2.49. The van der Waals surface area contributed by atoms with Gasteiger partial charge in [-0.1, -0.05) is 42.5 Å². The summed E-state index contributed by atoms with van der Waals surface area (Å²) < 4.78 is 5.56. The van der Waals surface area contributed by atoms with E-state index < -0.39 is 5.60 Å². The van der Waals surface area contributed by atoms with Crippen molar-refractivity contribution in [3.05, 3.63) is 70.8 Å². The van der Waals surface area contributed by atoms with Crippen LogP contribution in [-0.4, -0.2) is 12.9 Å². The topological polar surface area (TPSA) is 26.3 Å². The standard InChI is InChI=1S/C18H20O2/c1-13-10-11-15(12-14(13)2)17(19)18(3,20-4)16-8-6-5-7-9-16/h5-12H,1-4H3. The van der Waals surface area contributed by atoms with E-state index in [2.05, 4.69) is 0 Å². The maximum absolute atomic E-state index is 12.8. The Bertz CT molecular complexity index is 617. The van der Waals surface area contributed by atoms with Gasteiger partial charge in [-0.3, -0.25) is 4.79 Å². The van der Waals surface area contributed by atoms with Crippen LogP contribution >= 0.6 is 0 Å². The number of benzene rings is 2. The fourth-order valence-electron chi connectivity index (χ4n) is 2.26. The predicted molar refractivity (Wildman–Crippen MR) is 81.0 cm³/mol. The largest absolute Gasteiger partial charge is 0.366 e. The quantitative estimate of drug-likeness (QED) is 0.782. The Hall–Kier alpha value is -1.93. The molecular weight excluding hydrogens is 248 g/mol. The maximum atomic E-state index is 12.8. The van der Waals surface area contributed by atoms with Crippen molar-refractivity contribution >= 4 is 5.78 Å². The molecule has 0 aliphatic rings. The molecule has 2 nitrogen and oxygen atoms in total. The molecule has 0 fully saturated rings. The summed E-state index contributed by atoms with van der Waals surface area (Å²) in [5.74, 6) is -0.0192. The minimum atomic E-state index is -0.955. The second-order valence-electron chi connectivity index (χ2n) is 5.23. The van der Waals surface area contributed by atoms with Crippen molar-refractivity contribution in [2.75, 3.05) is 7.11 Å². The lowest BCUT2D eigenvalue weighted by Gasteiger charge is -2.27. The van der Waals surface area contributed by atoms with E-state index in [0.29, 0.717) is 5.56 Å².